The van der Waals surface area contributed by atoms with Crippen LogP contribution in [0.1, 0.15) is 47.0 Å². The molecule has 0 aromatic carbocycles. The van der Waals surface area contributed by atoms with E-state index in [0.717, 1.165) is 19.3 Å². The van der Waals surface area contributed by atoms with Gasteiger partial charge in [0, 0.05) is 8.41 Å². The van der Waals surface area contributed by atoms with Crippen LogP contribution in [0.25, 0.3) is 0 Å². The van der Waals surface area contributed by atoms with Crippen LogP contribution in [0.15, 0.2) is 0 Å². The van der Waals surface area contributed by atoms with Crippen LogP contribution >= 0.6 is 0 Å². The third-order valence-corrected chi connectivity index (χ3v) is 3.27. The molecule has 0 unspecified atom stereocenters. The van der Waals surface area contributed by atoms with Gasteiger partial charge in [0.15, 0.2) is 0 Å². The van der Waals surface area contributed by atoms with Crippen molar-refractivity contribution in [1.29, 1.82) is 0 Å². The standard InChI is InChI=1S/C9H22N2.B/c1-5-8(4,6-2)9(10,11)7-3;/h5-7,10-11H2,1-4H3;. The lowest BCUT2D eigenvalue weighted by Crippen LogP contribution is -2.60. The highest BCUT2D eigenvalue weighted by Crippen LogP contribution is 2.34. The predicted molar refractivity (Wildman–Crippen MR) is 55.8 cm³/mol. The maximum absolute atomic E-state index is 5.99. The largest absolute Gasteiger partial charge is 0.313 e. The Kier molecular flexibility index (Phi) is 5.90. The first kappa shape index (κ1) is 14.5. The van der Waals surface area contributed by atoms with Gasteiger partial charge in [0.25, 0.3) is 0 Å². The minimum absolute atomic E-state index is 0. The average Bonchev–Trinajstić information content (AvgIpc) is 2.02. The predicted octanol–water partition coefficient (Wildman–Crippen LogP) is 1.46. The van der Waals surface area contributed by atoms with Gasteiger partial charge in [-0.3, -0.25) is 0 Å². The maximum Gasteiger partial charge on any atom is 0.0688 e. The van der Waals surface area contributed by atoms with E-state index in [-0.39, 0.29) is 13.8 Å². The summed E-state index contributed by atoms with van der Waals surface area (Å²) < 4.78 is 0. The van der Waals surface area contributed by atoms with Gasteiger partial charge in [-0.15, -0.1) is 0 Å². The van der Waals surface area contributed by atoms with Crippen molar-refractivity contribution < 1.29 is 0 Å². The lowest BCUT2D eigenvalue weighted by Gasteiger charge is -2.42. The summed E-state index contributed by atoms with van der Waals surface area (Å²) in [4.78, 5) is 0. The number of hydrogen-bond acceptors (Lipinski definition) is 2. The van der Waals surface area contributed by atoms with Crippen molar-refractivity contribution >= 4 is 8.41 Å². The smallest absolute Gasteiger partial charge is 0.0688 e. The molecule has 0 saturated heterocycles. The van der Waals surface area contributed by atoms with Crippen LogP contribution in [0.5, 0.6) is 0 Å². The molecule has 0 aliphatic heterocycles. The zero-order valence-electron chi connectivity index (χ0n) is 8.85. The molecule has 0 rings (SSSR count). The van der Waals surface area contributed by atoms with Crippen molar-refractivity contribution in [2.45, 2.75) is 52.6 Å². The van der Waals surface area contributed by atoms with Gasteiger partial charge in [0.2, 0.25) is 0 Å². The van der Waals surface area contributed by atoms with Gasteiger partial charge in [0.1, 0.15) is 0 Å². The van der Waals surface area contributed by atoms with Gasteiger partial charge in [-0.2, -0.15) is 0 Å². The Labute approximate surface area is 78.7 Å². The molecule has 2 nitrogen and oxygen atoms in total. The van der Waals surface area contributed by atoms with Crippen LogP contribution in [-0.2, 0) is 0 Å². The second kappa shape index (κ2) is 4.88. The molecule has 0 aliphatic carbocycles. The SMILES string of the molecule is CCC(N)(N)C(C)(CC)CC.[B]. The summed E-state index contributed by atoms with van der Waals surface area (Å²) in [6, 6.07) is 0. The normalized spacial score (nSPS) is 12.5. The molecule has 0 aromatic heterocycles. The number of hydrogen-bond donors (Lipinski definition) is 2. The molecule has 0 fully saturated rings. The van der Waals surface area contributed by atoms with E-state index in [4.69, 9.17) is 11.5 Å². The van der Waals surface area contributed by atoms with Crippen molar-refractivity contribution in [2.24, 2.45) is 16.9 Å². The van der Waals surface area contributed by atoms with Crippen molar-refractivity contribution in [3.8, 4) is 0 Å². The highest BCUT2D eigenvalue weighted by atomic mass is 15.0. The van der Waals surface area contributed by atoms with Crippen molar-refractivity contribution in [3.63, 3.8) is 0 Å². The topological polar surface area (TPSA) is 52.0 Å². The molecule has 0 spiro atoms. The van der Waals surface area contributed by atoms with Gasteiger partial charge >= 0.3 is 0 Å². The summed E-state index contributed by atoms with van der Waals surface area (Å²) in [6.07, 6.45) is 2.93. The van der Waals surface area contributed by atoms with Crippen molar-refractivity contribution in [2.75, 3.05) is 0 Å². The molecule has 0 bridgehead atoms. The fourth-order valence-corrected chi connectivity index (χ4v) is 1.34. The van der Waals surface area contributed by atoms with Gasteiger partial charge in [-0.05, 0) is 24.7 Å². The summed E-state index contributed by atoms with van der Waals surface area (Å²) in [6.45, 7) is 8.50. The van der Waals surface area contributed by atoms with E-state index < -0.39 is 5.66 Å². The first-order valence-electron chi connectivity index (χ1n) is 4.51. The van der Waals surface area contributed by atoms with Gasteiger partial charge in [-0.25, -0.2) is 0 Å². The Morgan fingerprint density at radius 3 is 1.33 bits per heavy atom. The van der Waals surface area contributed by atoms with Crippen LogP contribution in [0.4, 0.5) is 0 Å². The van der Waals surface area contributed by atoms with E-state index in [0.29, 0.717) is 0 Å². The van der Waals surface area contributed by atoms with E-state index >= 15 is 0 Å². The molecular weight excluding hydrogens is 147 g/mol. The molecule has 3 heteroatoms. The van der Waals surface area contributed by atoms with E-state index in [1.807, 2.05) is 6.92 Å². The second-order valence-electron chi connectivity index (χ2n) is 3.66. The van der Waals surface area contributed by atoms with Crippen LogP contribution in [0.2, 0.25) is 0 Å². The molecular formula is C9H22BN2. The summed E-state index contributed by atoms with van der Waals surface area (Å²) >= 11 is 0. The Bertz CT molecular complexity index is 120. The summed E-state index contributed by atoms with van der Waals surface area (Å²) in [5, 5.41) is 0. The fraction of sp³-hybridized carbons (Fsp3) is 1.00. The molecule has 0 aromatic rings. The highest BCUT2D eigenvalue weighted by molar-refractivity contribution is 5.75. The van der Waals surface area contributed by atoms with Crippen LogP contribution in [0, 0.1) is 5.41 Å². The van der Waals surface area contributed by atoms with Gasteiger partial charge < -0.3 is 11.5 Å². The lowest BCUT2D eigenvalue weighted by atomic mass is 9.72. The minimum Gasteiger partial charge on any atom is -0.313 e. The molecule has 0 amide bonds. The maximum atomic E-state index is 5.99. The molecule has 0 aliphatic rings. The summed E-state index contributed by atoms with van der Waals surface area (Å²) in [5.74, 6) is 0. The quantitative estimate of drug-likeness (QED) is 0.494. The van der Waals surface area contributed by atoms with Gasteiger partial charge in [0.05, 0.1) is 5.66 Å². The van der Waals surface area contributed by atoms with E-state index in [9.17, 15) is 0 Å². The summed E-state index contributed by atoms with van der Waals surface area (Å²) in [5.41, 5.74) is 11.6. The van der Waals surface area contributed by atoms with Crippen LogP contribution in [0.3, 0.4) is 0 Å². The van der Waals surface area contributed by atoms with Crippen molar-refractivity contribution in [3.05, 3.63) is 0 Å². The molecule has 0 heterocycles. The van der Waals surface area contributed by atoms with Gasteiger partial charge in [-0.1, -0.05) is 27.7 Å². The van der Waals surface area contributed by atoms with Crippen LogP contribution < -0.4 is 11.5 Å². The Balaban J connectivity index is 0. The van der Waals surface area contributed by atoms with E-state index in [1.165, 1.54) is 0 Å². The molecule has 4 N–H and O–H groups in total. The van der Waals surface area contributed by atoms with E-state index in [1.54, 1.807) is 0 Å². The van der Waals surface area contributed by atoms with Crippen LogP contribution in [-0.4, -0.2) is 14.1 Å². The number of nitrogens with two attached hydrogens (primary N) is 2. The third-order valence-electron chi connectivity index (χ3n) is 3.27. The Morgan fingerprint density at radius 1 is 0.917 bits per heavy atom. The van der Waals surface area contributed by atoms with E-state index in [2.05, 4.69) is 20.8 Å². The summed E-state index contributed by atoms with van der Waals surface area (Å²) in [7, 11) is 0. The zero-order valence-corrected chi connectivity index (χ0v) is 8.85. The molecule has 0 saturated carbocycles. The molecule has 3 radical (unpaired) electrons. The highest BCUT2D eigenvalue weighted by Gasteiger charge is 2.37. The molecule has 12 heavy (non-hydrogen) atoms. The fourth-order valence-electron chi connectivity index (χ4n) is 1.34. The first-order valence-corrected chi connectivity index (χ1v) is 4.51. The Morgan fingerprint density at radius 2 is 1.25 bits per heavy atom. The second-order valence-corrected chi connectivity index (χ2v) is 3.66. The monoisotopic (exact) mass is 169 g/mol. The first-order chi connectivity index (χ1) is 4.93. The van der Waals surface area contributed by atoms with Crippen molar-refractivity contribution in [1.82, 2.24) is 0 Å². The minimum atomic E-state index is -0.503. The lowest BCUT2D eigenvalue weighted by molar-refractivity contribution is 0.127. The Hall–Kier alpha value is -0.0151. The third kappa shape index (κ3) is 2.49. The molecule has 0 atom stereocenters. The number of rotatable bonds is 4. The molecule has 71 valence electrons. The zero-order chi connectivity index (χ0) is 9.12. The average molecular weight is 169 g/mol.